The molecule has 3 heteroatoms. The van der Waals surface area contributed by atoms with Crippen molar-refractivity contribution < 1.29 is 9.32 Å². The van der Waals surface area contributed by atoms with E-state index in [4.69, 9.17) is 4.52 Å². The maximum Gasteiger partial charge on any atom is 0.212 e. The van der Waals surface area contributed by atoms with E-state index in [1.165, 1.54) is 5.56 Å². The zero-order valence-corrected chi connectivity index (χ0v) is 18.6. The molecule has 0 fully saturated rings. The minimum atomic E-state index is -1.10. The van der Waals surface area contributed by atoms with Gasteiger partial charge in [-0.1, -0.05) is 59.2 Å². The highest BCUT2D eigenvalue weighted by atomic mass is 31.1. The summed E-state index contributed by atoms with van der Waals surface area (Å²) in [5.74, 6) is 0.921. The van der Waals surface area contributed by atoms with Gasteiger partial charge in [-0.15, -0.1) is 0 Å². The first kappa shape index (κ1) is 22.3. The van der Waals surface area contributed by atoms with Crippen molar-refractivity contribution >= 4 is 13.7 Å². The summed E-state index contributed by atoms with van der Waals surface area (Å²) in [7, 11) is -1.10. The van der Waals surface area contributed by atoms with Crippen LogP contribution in [-0.2, 0) is 4.52 Å². The van der Waals surface area contributed by atoms with Gasteiger partial charge in [0.05, 0.1) is 6.61 Å². The second-order valence-electron chi connectivity index (χ2n) is 9.20. The average Bonchev–Trinajstić information content (AvgIpc) is 2.39. The number of carbonyl (C=O) groups is 1. The average molecular weight is 365 g/mol. The van der Waals surface area contributed by atoms with Gasteiger partial charge in [0.1, 0.15) is 8.15 Å². The monoisotopic (exact) mass is 364 g/mol. The molecule has 0 aliphatic carbocycles. The molecule has 25 heavy (non-hydrogen) atoms. The first-order chi connectivity index (χ1) is 11.4. The molecule has 0 spiro atoms. The highest BCUT2D eigenvalue weighted by molar-refractivity contribution is 7.71. The number of hydrogen-bond donors (Lipinski definition) is 0. The number of rotatable bonds is 8. The minimum Gasteiger partial charge on any atom is -0.351 e. The van der Waals surface area contributed by atoms with E-state index in [0.29, 0.717) is 18.4 Å². The molecule has 0 aliphatic rings. The summed E-state index contributed by atoms with van der Waals surface area (Å²) in [5.41, 5.74) is 4.73. The van der Waals surface area contributed by atoms with Crippen LogP contribution in [0, 0.1) is 38.0 Å². The van der Waals surface area contributed by atoms with Crippen molar-refractivity contribution in [3.05, 3.63) is 34.4 Å². The Kier molecular flexibility index (Phi) is 8.29. The molecule has 142 valence electrons. The van der Waals surface area contributed by atoms with Crippen LogP contribution >= 0.6 is 8.15 Å². The molecular weight excluding hydrogens is 327 g/mol. The van der Waals surface area contributed by atoms with Crippen molar-refractivity contribution in [2.75, 3.05) is 12.8 Å². The third kappa shape index (κ3) is 7.59. The molecule has 0 aliphatic heterocycles. The molecule has 0 bridgehead atoms. The predicted octanol–water partition coefficient (Wildman–Crippen LogP) is 6.89. The summed E-state index contributed by atoms with van der Waals surface area (Å²) in [6.45, 7) is 20.1. The summed E-state index contributed by atoms with van der Waals surface area (Å²) in [5, 5.41) is 0. The Bertz CT molecular complexity index is 561. The predicted molar refractivity (Wildman–Crippen MR) is 111 cm³/mol. The third-order valence-corrected chi connectivity index (χ3v) is 6.21. The van der Waals surface area contributed by atoms with Crippen LogP contribution < -0.4 is 0 Å². The fraction of sp³-hybridized carbons (Fsp3) is 0.682. The Balaban J connectivity index is 3.04. The Morgan fingerprint density at radius 1 is 1.08 bits per heavy atom. The molecule has 0 amide bonds. The zero-order valence-electron chi connectivity index (χ0n) is 17.7. The maximum atomic E-state index is 13.3. The maximum absolute atomic E-state index is 13.3. The van der Waals surface area contributed by atoms with Crippen molar-refractivity contribution in [1.29, 1.82) is 0 Å². The number of aryl methyl sites for hydroxylation is 3. The first-order valence-electron chi connectivity index (χ1n) is 9.43. The Labute approximate surface area is 156 Å². The quantitative estimate of drug-likeness (QED) is 0.469. The van der Waals surface area contributed by atoms with E-state index in [-0.39, 0.29) is 10.9 Å². The second-order valence-corrected chi connectivity index (χ2v) is 11.0. The van der Waals surface area contributed by atoms with Crippen molar-refractivity contribution in [2.45, 2.75) is 68.7 Å². The molecule has 0 saturated heterocycles. The van der Waals surface area contributed by atoms with E-state index in [2.05, 4.69) is 60.6 Å². The highest BCUT2D eigenvalue weighted by Gasteiger charge is 2.28. The fourth-order valence-electron chi connectivity index (χ4n) is 3.47. The standard InChI is InChI=1S/C22H37O2P/c1-15(2)13-24-25(14-17(4)12-22(7,8)9)21(23)20-18(5)10-16(3)11-19(20)6/h10-11,15,17H,12-14H2,1-9H3. The Morgan fingerprint density at radius 2 is 1.60 bits per heavy atom. The van der Waals surface area contributed by atoms with Gasteiger partial charge in [0.15, 0.2) is 0 Å². The van der Waals surface area contributed by atoms with Gasteiger partial charge in [0.25, 0.3) is 0 Å². The van der Waals surface area contributed by atoms with E-state index >= 15 is 0 Å². The highest BCUT2D eigenvalue weighted by Crippen LogP contribution is 2.46. The summed E-state index contributed by atoms with van der Waals surface area (Å²) in [4.78, 5) is 13.3. The summed E-state index contributed by atoms with van der Waals surface area (Å²) in [6.07, 6.45) is 1.96. The lowest BCUT2D eigenvalue weighted by Gasteiger charge is -2.27. The SMILES string of the molecule is Cc1cc(C)c(C(=O)P(CC(C)CC(C)(C)C)OCC(C)C)c(C)c1. The largest absolute Gasteiger partial charge is 0.351 e. The van der Waals surface area contributed by atoms with Gasteiger partial charge in [0.2, 0.25) is 5.52 Å². The van der Waals surface area contributed by atoms with Gasteiger partial charge < -0.3 is 4.52 Å². The minimum absolute atomic E-state index is 0.214. The lowest BCUT2D eigenvalue weighted by atomic mass is 9.86. The van der Waals surface area contributed by atoms with Crippen LogP contribution in [0.25, 0.3) is 0 Å². The molecule has 2 unspecified atom stereocenters. The number of carbonyl (C=O) groups excluding carboxylic acids is 1. The Hall–Kier alpha value is -0.720. The van der Waals surface area contributed by atoms with Gasteiger partial charge in [-0.3, -0.25) is 4.79 Å². The van der Waals surface area contributed by atoms with Crippen molar-refractivity contribution in [3.8, 4) is 0 Å². The molecule has 0 heterocycles. The molecule has 0 N–H and O–H groups in total. The van der Waals surface area contributed by atoms with E-state index in [1.54, 1.807) is 0 Å². The molecule has 0 saturated carbocycles. The molecule has 0 aromatic heterocycles. The van der Waals surface area contributed by atoms with E-state index in [0.717, 1.165) is 29.3 Å². The molecule has 1 aromatic rings. The van der Waals surface area contributed by atoms with Gasteiger partial charge in [-0.25, -0.2) is 0 Å². The second kappa shape index (κ2) is 9.28. The van der Waals surface area contributed by atoms with E-state index < -0.39 is 8.15 Å². The van der Waals surface area contributed by atoms with Gasteiger partial charge in [0, 0.05) is 11.7 Å². The summed E-state index contributed by atoms with van der Waals surface area (Å²) < 4.78 is 6.16. The topological polar surface area (TPSA) is 26.3 Å². The fourth-order valence-corrected chi connectivity index (χ4v) is 5.63. The van der Waals surface area contributed by atoms with Crippen molar-refractivity contribution in [3.63, 3.8) is 0 Å². The van der Waals surface area contributed by atoms with Gasteiger partial charge >= 0.3 is 0 Å². The lowest BCUT2D eigenvalue weighted by molar-refractivity contribution is 0.106. The Morgan fingerprint density at radius 3 is 2.04 bits per heavy atom. The molecule has 1 rings (SSSR count). The number of benzene rings is 1. The van der Waals surface area contributed by atoms with Crippen LogP contribution in [0.15, 0.2) is 12.1 Å². The molecule has 2 atom stereocenters. The normalized spacial score (nSPS) is 14.6. The third-order valence-electron chi connectivity index (χ3n) is 4.12. The van der Waals surface area contributed by atoms with Gasteiger partial charge in [-0.05, 0) is 55.6 Å². The van der Waals surface area contributed by atoms with Crippen LogP contribution in [-0.4, -0.2) is 18.3 Å². The smallest absolute Gasteiger partial charge is 0.212 e. The van der Waals surface area contributed by atoms with Crippen LogP contribution in [0.2, 0.25) is 0 Å². The van der Waals surface area contributed by atoms with Crippen molar-refractivity contribution in [1.82, 2.24) is 0 Å². The van der Waals surface area contributed by atoms with Gasteiger partial charge in [-0.2, -0.15) is 0 Å². The number of hydrogen-bond acceptors (Lipinski definition) is 2. The van der Waals surface area contributed by atoms with E-state index in [1.807, 2.05) is 13.8 Å². The van der Waals surface area contributed by atoms with Crippen LogP contribution in [0.4, 0.5) is 0 Å². The molecular formula is C22H37O2P. The van der Waals surface area contributed by atoms with Crippen LogP contribution in [0.5, 0.6) is 0 Å². The van der Waals surface area contributed by atoms with E-state index in [9.17, 15) is 4.79 Å². The summed E-state index contributed by atoms with van der Waals surface area (Å²) in [6, 6.07) is 4.21. The summed E-state index contributed by atoms with van der Waals surface area (Å²) >= 11 is 0. The molecule has 1 aromatic carbocycles. The van der Waals surface area contributed by atoms with Crippen molar-refractivity contribution in [2.24, 2.45) is 17.3 Å². The van der Waals surface area contributed by atoms with Crippen LogP contribution in [0.1, 0.15) is 75.0 Å². The zero-order chi connectivity index (χ0) is 19.4. The first-order valence-corrected chi connectivity index (χ1v) is 10.9. The molecule has 2 nitrogen and oxygen atoms in total. The molecule has 0 radical (unpaired) electrons. The lowest BCUT2D eigenvalue weighted by Crippen LogP contribution is -2.17. The van der Waals surface area contributed by atoms with Crippen LogP contribution in [0.3, 0.4) is 0 Å².